The average Bonchev–Trinajstić information content (AvgIpc) is 3.27. The fourth-order valence-electron chi connectivity index (χ4n) is 2.08. The molecule has 2 heterocycles. The molecule has 25 heavy (non-hydrogen) atoms. The van der Waals surface area contributed by atoms with Gasteiger partial charge in [0.15, 0.2) is 0 Å². The number of hydrogen-bond acceptors (Lipinski definition) is 6. The number of tetrazole rings is 1. The molecule has 9 heteroatoms. The number of rotatable bonds is 7. The van der Waals surface area contributed by atoms with Crippen molar-refractivity contribution < 1.29 is 13.6 Å². The van der Waals surface area contributed by atoms with E-state index < -0.39 is 0 Å². The summed E-state index contributed by atoms with van der Waals surface area (Å²) in [5.41, 5.74) is 0.828. The number of halogens is 1. The molecule has 0 fully saturated rings. The summed E-state index contributed by atoms with van der Waals surface area (Å²) >= 11 is 1.26. The van der Waals surface area contributed by atoms with Crippen LogP contribution < -0.4 is 5.32 Å². The van der Waals surface area contributed by atoms with Crippen LogP contribution in [-0.2, 0) is 17.9 Å². The Bertz CT molecular complexity index is 819. The summed E-state index contributed by atoms with van der Waals surface area (Å²) in [4.78, 5) is 12.2. The molecule has 0 radical (unpaired) electrons. The van der Waals surface area contributed by atoms with Crippen molar-refractivity contribution in [3.8, 4) is 0 Å². The van der Waals surface area contributed by atoms with Crippen molar-refractivity contribution in [2.24, 2.45) is 0 Å². The van der Waals surface area contributed by atoms with Crippen molar-refractivity contribution in [2.75, 3.05) is 0 Å². The summed E-state index contributed by atoms with van der Waals surface area (Å²) in [7, 11) is 0. The Kier molecular flexibility index (Phi) is 5.44. The van der Waals surface area contributed by atoms with E-state index in [0.29, 0.717) is 18.2 Å². The van der Waals surface area contributed by atoms with Crippen LogP contribution in [0.3, 0.4) is 0 Å². The lowest BCUT2D eigenvalue weighted by Gasteiger charge is -2.11. The van der Waals surface area contributed by atoms with Crippen molar-refractivity contribution in [1.29, 1.82) is 0 Å². The van der Waals surface area contributed by atoms with Crippen molar-refractivity contribution in [2.45, 2.75) is 30.4 Å². The highest BCUT2D eigenvalue weighted by molar-refractivity contribution is 8.00. The zero-order valence-corrected chi connectivity index (χ0v) is 14.2. The minimum Gasteiger partial charge on any atom is -0.467 e. The lowest BCUT2D eigenvalue weighted by Crippen LogP contribution is -2.30. The molecule has 3 aromatic rings. The summed E-state index contributed by atoms with van der Waals surface area (Å²) in [6.07, 6.45) is 1.58. The second kappa shape index (κ2) is 7.93. The number of amides is 1. The van der Waals surface area contributed by atoms with Gasteiger partial charge in [-0.2, -0.15) is 0 Å². The maximum absolute atomic E-state index is 12.9. The van der Waals surface area contributed by atoms with Gasteiger partial charge >= 0.3 is 0 Å². The molecule has 0 unspecified atom stereocenters. The molecule has 0 saturated heterocycles. The molecule has 1 atom stereocenters. The van der Waals surface area contributed by atoms with E-state index in [1.165, 1.54) is 23.9 Å². The third-order valence-electron chi connectivity index (χ3n) is 3.42. The van der Waals surface area contributed by atoms with Crippen LogP contribution in [0.15, 0.2) is 52.2 Å². The number of thioether (sulfide) groups is 1. The summed E-state index contributed by atoms with van der Waals surface area (Å²) in [5.74, 6) is 0.270. The third-order valence-corrected chi connectivity index (χ3v) is 4.49. The molecule has 1 aromatic carbocycles. The van der Waals surface area contributed by atoms with E-state index in [2.05, 4.69) is 20.8 Å². The van der Waals surface area contributed by atoms with E-state index in [1.54, 1.807) is 36.1 Å². The maximum Gasteiger partial charge on any atom is 0.233 e. The van der Waals surface area contributed by atoms with Crippen LogP contribution >= 0.6 is 11.8 Å². The van der Waals surface area contributed by atoms with Crippen molar-refractivity contribution in [1.82, 2.24) is 25.5 Å². The second-order valence-electron chi connectivity index (χ2n) is 5.30. The largest absolute Gasteiger partial charge is 0.467 e. The van der Waals surface area contributed by atoms with Crippen LogP contribution in [-0.4, -0.2) is 31.4 Å². The summed E-state index contributed by atoms with van der Waals surface area (Å²) in [6, 6.07) is 9.62. The number of nitrogens with zero attached hydrogens (tertiary/aromatic N) is 4. The smallest absolute Gasteiger partial charge is 0.233 e. The Morgan fingerprint density at radius 1 is 1.36 bits per heavy atom. The number of benzene rings is 1. The van der Waals surface area contributed by atoms with Crippen LogP contribution in [0.2, 0.25) is 0 Å². The van der Waals surface area contributed by atoms with Crippen molar-refractivity contribution >= 4 is 17.7 Å². The topological polar surface area (TPSA) is 85.8 Å². The Morgan fingerprint density at radius 2 is 2.16 bits per heavy atom. The maximum atomic E-state index is 12.9. The Hall–Kier alpha value is -2.68. The van der Waals surface area contributed by atoms with Gasteiger partial charge in [-0.1, -0.05) is 23.9 Å². The highest BCUT2D eigenvalue weighted by Crippen LogP contribution is 2.21. The van der Waals surface area contributed by atoms with Gasteiger partial charge in [-0.3, -0.25) is 4.79 Å². The molecule has 0 bridgehead atoms. The van der Waals surface area contributed by atoms with Crippen LogP contribution in [0.25, 0.3) is 0 Å². The molecular weight excluding hydrogens is 345 g/mol. The highest BCUT2D eigenvalue weighted by Gasteiger charge is 2.18. The standard InChI is InChI=1S/C16H16FN5O2S/c1-11(15(23)18-9-12-4-6-13(17)7-5-12)25-16-19-20-21-22(16)10-14-3-2-8-24-14/h2-8,11H,9-10H2,1H3,(H,18,23)/t11-/m1/s1. The number of aromatic nitrogens is 4. The fraction of sp³-hybridized carbons (Fsp3) is 0.250. The van der Waals surface area contributed by atoms with Gasteiger partial charge in [-0.05, 0) is 47.2 Å². The fourth-order valence-corrected chi connectivity index (χ4v) is 2.89. The summed E-state index contributed by atoms with van der Waals surface area (Å²) in [6.45, 7) is 2.50. The predicted molar refractivity (Wildman–Crippen MR) is 89.2 cm³/mol. The molecule has 2 aromatic heterocycles. The molecule has 0 aliphatic rings. The molecule has 0 aliphatic carbocycles. The minimum atomic E-state index is -0.387. The number of carbonyl (C=O) groups excluding carboxylic acids is 1. The van der Waals surface area contributed by atoms with E-state index >= 15 is 0 Å². The van der Waals surface area contributed by atoms with Crippen molar-refractivity contribution in [3.63, 3.8) is 0 Å². The van der Waals surface area contributed by atoms with E-state index in [4.69, 9.17) is 4.42 Å². The molecule has 0 aliphatic heterocycles. The summed E-state index contributed by atoms with van der Waals surface area (Å²) < 4.78 is 19.7. The lowest BCUT2D eigenvalue weighted by molar-refractivity contribution is -0.120. The molecule has 1 N–H and O–H groups in total. The first kappa shape index (κ1) is 17.2. The van der Waals surface area contributed by atoms with Gasteiger partial charge in [0.05, 0.1) is 11.5 Å². The van der Waals surface area contributed by atoms with Gasteiger partial charge in [-0.25, -0.2) is 9.07 Å². The first-order valence-corrected chi connectivity index (χ1v) is 8.47. The number of hydrogen-bond donors (Lipinski definition) is 1. The SMILES string of the molecule is C[C@@H](Sc1nnnn1Cc1ccco1)C(=O)NCc1ccc(F)cc1. The molecule has 0 saturated carbocycles. The van der Waals surface area contributed by atoms with Crippen LogP contribution in [0.5, 0.6) is 0 Å². The van der Waals surface area contributed by atoms with Gasteiger partial charge in [0.25, 0.3) is 0 Å². The number of nitrogens with one attached hydrogen (secondary N) is 1. The van der Waals surface area contributed by atoms with Crippen LogP contribution in [0, 0.1) is 5.82 Å². The quantitative estimate of drug-likeness (QED) is 0.650. The highest BCUT2D eigenvalue weighted by atomic mass is 32.2. The lowest BCUT2D eigenvalue weighted by atomic mass is 10.2. The first-order valence-electron chi connectivity index (χ1n) is 7.59. The Labute approximate surface area is 147 Å². The van der Waals surface area contributed by atoms with Gasteiger partial charge in [-0.15, -0.1) is 5.10 Å². The molecule has 130 valence electrons. The zero-order chi connectivity index (χ0) is 17.6. The molecule has 0 spiro atoms. The van der Waals surface area contributed by atoms with Gasteiger partial charge in [0.2, 0.25) is 11.1 Å². The normalized spacial score (nSPS) is 12.1. The first-order chi connectivity index (χ1) is 12.1. The Morgan fingerprint density at radius 3 is 2.88 bits per heavy atom. The second-order valence-corrected chi connectivity index (χ2v) is 6.61. The van der Waals surface area contributed by atoms with Gasteiger partial charge < -0.3 is 9.73 Å². The Balaban J connectivity index is 1.54. The van der Waals surface area contributed by atoms with E-state index in [1.807, 2.05) is 6.07 Å². The summed E-state index contributed by atoms with van der Waals surface area (Å²) in [5, 5.41) is 14.5. The van der Waals surface area contributed by atoms with Crippen LogP contribution in [0.1, 0.15) is 18.2 Å². The predicted octanol–water partition coefficient (Wildman–Crippen LogP) is 2.25. The average molecular weight is 361 g/mol. The van der Waals surface area contributed by atoms with Gasteiger partial charge in [0.1, 0.15) is 18.1 Å². The number of furan rings is 1. The number of carbonyl (C=O) groups is 1. The molecule has 1 amide bonds. The van der Waals surface area contributed by atoms with E-state index in [9.17, 15) is 9.18 Å². The van der Waals surface area contributed by atoms with E-state index in [-0.39, 0.29) is 17.0 Å². The monoisotopic (exact) mass is 361 g/mol. The molecule has 3 rings (SSSR count). The third kappa shape index (κ3) is 4.66. The van der Waals surface area contributed by atoms with Crippen molar-refractivity contribution in [3.05, 3.63) is 59.8 Å². The molecule has 7 nitrogen and oxygen atoms in total. The minimum absolute atomic E-state index is 0.151. The van der Waals surface area contributed by atoms with Gasteiger partial charge in [0, 0.05) is 6.54 Å². The zero-order valence-electron chi connectivity index (χ0n) is 13.4. The molecular formula is C16H16FN5O2S. The van der Waals surface area contributed by atoms with E-state index in [0.717, 1.165) is 11.3 Å². The van der Waals surface area contributed by atoms with Crippen LogP contribution in [0.4, 0.5) is 4.39 Å².